The first-order valence-electron chi connectivity index (χ1n) is 4.85. The third-order valence-corrected chi connectivity index (χ3v) is 3.81. The maximum Gasteiger partial charge on any atom is 0.194 e. The monoisotopic (exact) mass is 209 g/mol. The van der Waals surface area contributed by atoms with Crippen LogP contribution in [0.4, 0.5) is 0 Å². The normalized spacial score (nSPS) is 11.4. The summed E-state index contributed by atoms with van der Waals surface area (Å²) in [5.41, 5.74) is 9.37. The van der Waals surface area contributed by atoms with E-state index in [-0.39, 0.29) is 0 Å². The van der Waals surface area contributed by atoms with Crippen LogP contribution >= 0.6 is 11.3 Å². The van der Waals surface area contributed by atoms with E-state index in [1.807, 2.05) is 0 Å². The van der Waals surface area contributed by atoms with Gasteiger partial charge in [-0.05, 0) is 20.3 Å². The number of nitrogens with two attached hydrogens (primary N) is 1. The number of hydrogen-bond acceptors (Lipinski definition) is 3. The first-order valence-corrected chi connectivity index (χ1v) is 5.67. The Kier molecular flexibility index (Phi) is 2.33. The van der Waals surface area contributed by atoms with Gasteiger partial charge in [0.15, 0.2) is 4.96 Å². The van der Waals surface area contributed by atoms with Crippen molar-refractivity contribution in [3.05, 3.63) is 22.0 Å². The molecule has 2 aromatic rings. The zero-order chi connectivity index (χ0) is 10.3. The Hall–Kier alpha value is -0.870. The number of aryl methyl sites for hydroxylation is 3. The van der Waals surface area contributed by atoms with Gasteiger partial charge in [-0.15, -0.1) is 0 Å². The summed E-state index contributed by atoms with van der Waals surface area (Å²) in [6.07, 6.45) is 0.998. The minimum Gasteiger partial charge on any atom is -0.326 e. The molecule has 0 aliphatic carbocycles. The van der Waals surface area contributed by atoms with E-state index in [9.17, 15) is 0 Å². The molecule has 0 amide bonds. The van der Waals surface area contributed by atoms with Crippen molar-refractivity contribution in [2.45, 2.75) is 33.7 Å². The van der Waals surface area contributed by atoms with Gasteiger partial charge in [0, 0.05) is 22.8 Å². The fourth-order valence-electron chi connectivity index (χ4n) is 1.82. The van der Waals surface area contributed by atoms with Gasteiger partial charge < -0.3 is 5.73 Å². The van der Waals surface area contributed by atoms with Gasteiger partial charge in [-0.25, -0.2) is 4.98 Å². The van der Waals surface area contributed by atoms with Crippen LogP contribution in [0.2, 0.25) is 0 Å². The van der Waals surface area contributed by atoms with E-state index >= 15 is 0 Å². The lowest BCUT2D eigenvalue weighted by Gasteiger charge is -1.98. The van der Waals surface area contributed by atoms with Crippen LogP contribution in [0.5, 0.6) is 0 Å². The van der Waals surface area contributed by atoms with Gasteiger partial charge >= 0.3 is 0 Å². The van der Waals surface area contributed by atoms with Crippen molar-refractivity contribution in [3.63, 3.8) is 0 Å². The third-order valence-electron chi connectivity index (χ3n) is 2.65. The van der Waals surface area contributed by atoms with E-state index in [2.05, 4.69) is 30.2 Å². The van der Waals surface area contributed by atoms with Gasteiger partial charge in [0.25, 0.3) is 0 Å². The molecule has 0 saturated carbocycles. The summed E-state index contributed by atoms with van der Waals surface area (Å²) < 4.78 is 2.21. The van der Waals surface area contributed by atoms with E-state index in [0.29, 0.717) is 6.54 Å². The molecule has 76 valence electrons. The maximum atomic E-state index is 5.66. The van der Waals surface area contributed by atoms with Crippen molar-refractivity contribution in [1.29, 1.82) is 0 Å². The highest BCUT2D eigenvalue weighted by atomic mass is 32.1. The lowest BCUT2D eigenvalue weighted by atomic mass is 10.3. The van der Waals surface area contributed by atoms with E-state index < -0.39 is 0 Å². The molecule has 0 bridgehead atoms. The average molecular weight is 209 g/mol. The molecule has 0 aliphatic rings. The lowest BCUT2D eigenvalue weighted by molar-refractivity contribution is 0.976. The highest BCUT2D eigenvalue weighted by molar-refractivity contribution is 7.17. The molecule has 0 radical (unpaired) electrons. The summed E-state index contributed by atoms with van der Waals surface area (Å²) >= 11 is 1.70. The molecule has 0 aliphatic heterocycles. The van der Waals surface area contributed by atoms with E-state index in [1.165, 1.54) is 22.0 Å². The van der Waals surface area contributed by atoms with Crippen molar-refractivity contribution >= 4 is 16.3 Å². The first-order chi connectivity index (χ1) is 6.69. The van der Waals surface area contributed by atoms with Crippen LogP contribution in [0.1, 0.15) is 28.9 Å². The number of imidazole rings is 1. The number of rotatable bonds is 2. The molecule has 2 N–H and O–H groups in total. The predicted octanol–water partition coefficient (Wildman–Crippen LogP) is 2.03. The average Bonchev–Trinajstić information content (AvgIpc) is 2.65. The molecule has 2 heterocycles. The van der Waals surface area contributed by atoms with Gasteiger partial charge in [-0.2, -0.15) is 0 Å². The predicted molar refractivity (Wildman–Crippen MR) is 59.8 cm³/mol. The molecule has 4 heteroatoms. The van der Waals surface area contributed by atoms with Crippen LogP contribution < -0.4 is 5.73 Å². The molecule has 2 aromatic heterocycles. The fourth-order valence-corrected chi connectivity index (χ4v) is 2.88. The van der Waals surface area contributed by atoms with Crippen LogP contribution in [-0.2, 0) is 13.0 Å². The fraction of sp³-hybridized carbons (Fsp3) is 0.500. The molecular formula is C10H15N3S. The molecular weight excluding hydrogens is 194 g/mol. The van der Waals surface area contributed by atoms with Gasteiger partial charge in [0.1, 0.15) is 0 Å². The number of aromatic nitrogens is 2. The van der Waals surface area contributed by atoms with Crippen molar-refractivity contribution in [3.8, 4) is 0 Å². The van der Waals surface area contributed by atoms with Crippen molar-refractivity contribution in [1.82, 2.24) is 9.38 Å². The SMILES string of the molecule is CCc1nc2sc(CN)c(C)n2c1C. The Bertz CT molecular complexity index is 428. The van der Waals surface area contributed by atoms with Crippen LogP contribution in [0.25, 0.3) is 4.96 Å². The second kappa shape index (κ2) is 3.37. The second-order valence-corrected chi connectivity index (χ2v) is 4.49. The van der Waals surface area contributed by atoms with E-state index in [0.717, 1.165) is 11.4 Å². The minimum absolute atomic E-state index is 0.612. The highest BCUT2D eigenvalue weighted by Gasteiger charge is 2.13. The Labute approximate surface area is 87.6 Å². The van der Waals surface area contributed by atoms with Gasteiger partial charge in [-0.3, -0.25) is 4.40 Å². The van der Waals surface area contributed by atoms with Crippen LogP contribution in [-0.4, -0.2) is 9.38 Å². The topological polar surface area (TPSA) is 43.3 Å². The molecule has 0 saturated heterocycles. The zero-order valence-corrected chi connectivity index (χ0v) is 9.61. The Morgan fingerprint density at radius 3 is 2.57 bits per heavy atom. The number of hydrogen-bond donors (Lipinski definition) is 1. The summed E-state index contributed by atoms with van der Waals surface area (Å²) in [5.74, 6) is 0. The molecule has 0 spiro atoms. The molecule has 0 fully saturated rings. The zero-order valence-electron chi connectivity index (χ0n) is 8.79. The smallest absolute Gasteiger partial charge is 0.194 e. The summed E-state index contributed by atoms with van der Waals surface area (Å²) in [7, 11) is 0. The highest BCUT2D eigenvalue weighted by Crippen LogP contribution is 2.25. The molecule has 0 atom stereocenters. The molecule has 2 rings (SSSR count). The van der Waals surface area contributed by atoms with Crippen molar-refractivity contribution in [2.75, 3.05) is 0 Å². The lowest BCUT2D eigenvalue weighted by Crippen LogP contribution is -1.98. The second-order valence-electron chi connectivity index (χ2n) is 3.43. The van der Waals surface area contributed by atoms with Crippen molar-refractivity contribution in [2.24, 2.45) is 5.73 Å². The standard InChI is InChI=1S/C10H15N3S/c1-4-8-6(2)13-7(3)9(5-11)14-10(13)12-8/h4-5,11H2,1-3H3. The molecule has 0 aromatic carbocycles. The largest absolute Gasteiger partial charge is 0.326 e. The summed E-state index contributed by atoms with van der Waals surface area (Å²) in [5, 5.41) is 0. The quantitative estimate of drug-likeness (QED) is 0.822. The first kappa shape index (κ1) is 9.68. The van der Waals surface area contributed by atoms with Crippen molar-refractivity contribution < 1.29 is 0 Å². The van der Waals surface area contributed by atoms with Gasteiger partial charge in [0.2, 0.25) is 0 Å². The summed E-state index contributed by atoms with van der Waals surface area (Å²) in [6.45, 7) is 6.98. The number of fused-ring (bicyclic) bond motifs is 1. The van der Waals surface area contributed by atoms with Gasteiger partial charge in [-0.1, -0.05) is 18.3 Å². The number of nitrogens with zero attached hydrogens (tertiary/aromatic N) is 2. The Morgan fingerprint density at radius 2 is 2.07 bits per heavy atom. The van der Waals surface area contributed by atoms with E-state index in [4.69, 9.17) is 5.73 Å². The maximum absolute atomic E-state index is 5.66. The van der Waals surface area contributed by atoms with E-state index in [1.54, 1.807) is 11.3 Å². The Morgan fingerprint density at radius 1 is 1.36 bits per heavy atom. The third kappa shape index (κ3) is 1.18. The minimum atomic E-state index is 0.612. The Balaban J connectivity index is 2.73. The molecule has 14 heavy (non-hydrogen) atoms. The number of thiazole rings is 1. The van der Waals surface area contributed by atoms with Gasteiger partial charge in [0.05, 0.1) is 5.69 Å². The van der Waals surface area contributed by atoms with Crippen LogP contribution in [0.3, 0.4) is 0 Å². The molecule has 3 nitrogen and oxygen atoms in total. The molecule has 0 unspecified atom stereocenters. The summed E-state index contributed by atoms with van der Waals surface area (Å²) in [4.78, 5) is 6.90. The van der Waals surface area contributed by atoms with Crippen LogP contribution in [0.15, 0.2) is 0 Å². The van der Waals surface area contributed by atoms with Crippen LogP contribution in [0, 0.1) is 13.8 Å². The summed E-state index contributed by atoms with van der Waals surface area (Å²) in [6, 6.07) is 0.